The highest BCUT2D eigenvalue weighted by Gasteiger charge is 2.20. The normalized spacial score (nSPS) is 15.6. The number of hydrogen-bond acceptors (Lipinski definition) is 2. The number of nitrogens with two attached hydrogens (primary N) is 1. The first-order valence-corrected chi connectivity index (χ1v) is 5.58. The minimum atomic E-state index is -0.554. The van der Waals surface area contributed by atoms with E-state index < -0.39 is 5.82 Å². The molecule has 0 aliphatic carbocycles. The standard InChI is InChI=1S/C13H15FN2O/c1-9-3-2-6-16(8-9)13(17)11-5-4-10(15)7-12(11)14/h3-5,7H,2,6,8,15H2,1H3. The molecule has 1 aromatic rings. The van der Waals surface area contributed by atoms with E-state index in [0.29, 0.717) is 18.8 Å². The molecule has 0 aromatic heterocycles. The van der Waals surface area contributed by atoms with Gasteiger partial charge in [0.25, 0.3) is 5.91 Å². The molecule has 0 radical (unpaired) electrons. The van der Waals surface area contributed by atoms with Crippen molar-refractivity contribution < 1.29 is 9.18 Å². The number of rotatable bonds is 1. The van der Waals surface area contributed by atoms with Gasteiger partial charge >= 0.3 is 0 Å². The monoisotopic (exact) mass is 234 g/mol. The summed E-state index contributed by atoms with van der Waals surface area (Å²) >= 11 is 0. The summed E-state index contributed by atoms with van der Waals surface area (Å²) in [6.45, 7) is 3.18. The van der Waals surface area contributed by atoms with Gasteiger partial charge in [-0.1, -0.05) is 11.6 Å². The molecule has 0 atom stereocenters. The maximum absolute atomic E-state index is 13.6. The van der Waals surface area contributed by atoms with E-state index >= 15 is 0 Å². The smallest absolute Gasteiger partial charge is 0.257 e. The second-order valence-electron chi connectivity index (χ2n) is 4.31. The van der Waals surface area contributed by atoms with Gasteiger partial charge in [-0.25, -0.2) is 4.39 Å². The summed E-state index contributed by atoms with van der Waals surface area (Å²) in [5.74, 6) is -0.822. The minimum absolute atomic E-state index is 0.0916. The van der Waals surface area contributed by atoms with Crippen molar-refractivity contribution in [2.24, 2.45) is 0 Å². The molecular weight excluding hydrogens is 219 g/mol. The van der Waals surface area contributed by atoms with Crippen LogP contribution in [0.2, 0.25) is 0 Å². The lowest BCUT2D eigenvalue weighted by Crippen LogP contribution is -2.35. The summed E-state index contributed by atoms with van der Waals surface area (Å²) in [6.07, 6.45) is 2.93. The van der Waals surface area contributed by atoms with Crippen molar-refractivity contribution in [2.45, 2.75) is 13.3 Å². The minimum Gasteiger partial charge on any atom is -0.399 e. The lowest BCUT2D eigenvalue weighted by molar-refractivity contribution is 0.0761. The molecule has 0 unspecified atom stereocenters. The molecule has 0 fully saturated rings. The van der Waals surface area contributed by atoms with Gasteiger partial charge in [0.1, 0.15) is 5.82 Å². The Hall–Kier alpha value is -1.84. The van der Waals surface area contributed by atoms with Crippen LogP contribution in [0, 0.1) is 5.82 Å². The molecular formula is C13H15FN2O. The predicted molar refractivity (Wildman–Crippen MR) is 65.1 cm³/mol. The van der Waals surface area contributed by atoms with Gasteiger partial charge in [-0.15, -0.1) is 0 Å². The summed E-state index contributed by atoms with van der Waals surface area (Å²) in [5, 5.41) is 0. The zero-order chi connectivity index (χ0) is 12.4. The highest BCUT2D eigenvalue weighted by atomic mass is 19.1. The summed E-state index contributed by atoms with van der Waals surface area (Å²) in [4.78, 5) is 13.8. The lowest BCUT2D eigenvalue weighted by atomic mass is 10.1. The number of nitrogen functional groups attached to an aromatic ring is 1. The zero-order valence-electron chi connectivity index (χ0n) is 9.74. The Balaban J connectivity index is 2.22. The second kappa shape index (κ2) is 4.57. The van der Waals surface area contributed by atoms with Crippen molar-refractivity contribution in [2.75, 3.05) is 18.8 Å². The molecule has 4 heteroatoms. The van der Waals surface area contributed by atoms with Gasteiger partial charge in [-0.3, -0.25) is 4.79 Å². The number of anilines is 1. The summed E-state index contributed by atoms with van der Waals surface area (Å²) in [6, 6.07) is 4.17. The van der Waals surface area contributed by atoms with Gasteiger partial charge in [0, 0.05) is 18.8 Å². The van der Waals surface area contributed by atoms with E-state index in [2.05, 4.69) is 6.08 Å². The zero-order valence-corrected chi connectivity index (χ0v) is 9.74. The van der Waals surface area contributed by atoms with Gasteiger partial charge in [0.2, 0.25) is 0 Å². The van der Waals surface area contributed by atoms with Gasteiger partial charge < -0.3 is 10.6 Å². The molecule has 90 valence electrons. The molecule has 2 rings (SSSR count). The van der Waals surface area contributed by atoms with Crippen LogP contribution < -0.4 is 5.73 Å². The van der Waals surface area contributed by atoms with E-state index in [-0.39, 0.29) is 11.5 Å². The summed E-state index contributed by atoms with van der Waals surface area (Å²) < 4.78 is 13.6. The quantitative estimate of drug-likeness (QED) is 0.598. The van der Waals surface area contributed by atoms with Crippen LogP contribution in [0.15, 0.2) is 29.8 Å². The van der Waals surface area contributed by atoms with E-state index in [9.17, 15) is 9.18 Å². The molecule has 3 nitrogen and oxygen atoms in total. The number of carbonyl (C=O) groups is 1. The third-order valence-corrected chi connectivity index (χ3v) is 2.84. The lowest BCUT2D eigenvalue weighted by Gasteiger charge is -2.26. The molecule has 0 bridgehead atoms. The van der Waals surface area contributed by atoms with Crippen LogP contribution >= 0.6 is 0 Å². The Morgan fingerprint density at radius 1 is 1.47 bits per heavy atom. The molecule has 1 amide bonds. The number of nitrogens with zero attached hydrogens (tertiary/aromatic N) is 1. The van der Waals surface area contributed by atoms with Crippen LogP contribution in [-0.2, 0) is 0 Å². The predicted octanol–water partition coefficient (Wildman–Crippen LogP) is 2.20. The SMILES string of the molecule is CC1=CCCN(C(=O)c2ccc(N)cc2F)C1. The van der Waals surface area contributed by atoms with E-state index in [0.717, 1.165) is 12.0 Å². The van der Waals surface area contributed by atoms with Crippen LogP contribution in [0.4, 0.5) is 10.1 Å². The van der Waals surface area contributed by atoms with E-state index in [1.165, 1.54) is 12.1 Å². The van der Waals surface area contributed by atoms with E-state index in [1.54, 1.807) is 11.0 Å². The van der Waals surface area contributed by atoms with Crippen molar-refractivity contribution in [3.05, 3.63) is 41.2 Å². The van der Waals surface area contributed by atoms with Crippen molar-refractivity contribution in [3.8, 4) is 0 Å². The summed E-state index contributed by atoms with van der Waals surface area (Å²) in [5.41, 5.74) is 7.01. The van der Waals surface area contributed by atoms with Gasteiger partial charge in [-0.05, 0) is 31.5 Å². The molecule has 1 aliphatic rings. The first kappa shape index (κ1) is 11.6. The van der Waals surface area contributed by atoms with Crippen molar-refractivity contribution >= 4 is 11.6 Å². The first-order valence-electron chi connectivity index (χ1n) is 5.58. The van der Waals surface area contributed by atoms with Gasteiger partial charge in [0.15, 0.2) is 0 Å². The summed E-state index contributed by atoms with van der Waals surface area (Å²) in [7, 11) is 0. The van der Waals surface area contributed by atoms with Crippen LogP contribution in [0.3, 0.4) is 0 Å². The largest absolute Gasteiger partial charge is 0.399 e. The Morgan fingerprint density at radius 2 is 2.24 bits per heavy atom. The van der Waals surface area contributed by atoms with Crippen molar-refractivity contribution in [1.82, 2.24) is 4.90 Å². The number of carbonyl (C=O) groups excluding carboxylic acids is 1. The van der Waals surface area contributed by atoms with Crippen LogP contribution in [0.25, 0.3) is 0 Å². The maximum atomic E-state index is 13.6. The van der Waals surface area contributed by atoms with Crippen molar-refractivity contribution in [3.63, 3.8) is 0 Å². The fraction of sp³-hybridized carbons (Fsp3) is 0.308. The molecule has 17 heavy (non-hydrogen) atoms. The fourth-order valence-electron chi connectivity index (χ4n) is 1.96. The van der Waals surface area contributed by atoms with Crippen molar-refractivity contribution in [1.29, 1.82) is 0 Å². The Morgan fingerprint density at radius 3 is 2.88 bits per heavy atom. The molecule has 1 aliphatic heterocycles. The molecule has 0 saturated carbocycles. The average Bonchev–Trinajstić information content (AvgIpc) is 2.28. The number of amides is 1. The van der Waals surface area contributed by atoms with Crippen LogP contribution in [0.5, 0.6) is 0 Å². The highest BCUT2D eigenvalue weighted by molar-refractivity contribution is 5.95. The molecule has 1 heterocycles. The Bertz CT molecular complexity index is 482. The fourth-order valence-corrected chi connectivity index (χ4v) is 1.96. The molecule has 2 N–H and O–H groups in total. The van der Waals surface area contributed by atoms with E-state index in [4.69, 9.17) is 5.73 Å². The topological polar surface area (TPSA) is 46.3 Å². The van der Waals surface area contributed by atoms with E-state index in [1.807, 2.05) is 6.92 Å². The third-order valence-electron chi connectivity index (χ3n) is 2.84. The highest BCUT2D eigenvalue weighted by Crippen LogP contribution is 2.17. The maximum Gasteiger partial charge on any atom is 0.257 e. The Kier molecular flexibility index (Phi) is 3.13. The average molecular weight is 234 g/mol. The molecule has 0 spiro atoms. The number of halogens is 1. The van der Waals surface area contributed by atoms with Crippen LogP contribution in [-0.4, -0.2) is 23.9 Å². The number of benzene rings is 1. The van der Waals surface area contributed by atoms with Gasteiger partial charge in [0.05, 0.1) is 5.56 Å². The van der Waals surface area contributed by atoms with Gasteiger partial charge in [-0.2, -0.15) is 0 Å². The third kappa shape index (κ3) is 2.46. The number of hydrogen-bond donors (Lipinski definition) is 1. The first-order chi connectivity index (χ1) is 8.08. The van der Waals surface area contributed by atoms with Crippen LogP contribution in [0.1, 0.15) is 23.7 Å². The Labute approximate surface area is 99.7 Å². The molecule has 0 saturated heterocycles. The second-order valence-corrected chi connectivity index (χ2v) is 4.31. The molecule has 1 aromatic carbocycles.